The molecular weight excluding hydrogens is 359 g/mol. The van der Waals surface area contributed by atoms with Crippen molar-refractivity contribution >= 4 is 24.8 Å². The van der Waals surface area contributed by atoms with Crippen molar-refractivity contribution in [2.45, 2.75) is 20.3 Å². The van der Waals surface area contributed by atoms with Gasteiger partial charge in [-0.3, -0.25) is 9.36 Å². The van der Waals surface area contributed by atoms with E-state index in [4.69, 9.17) is 4.74 Å². The van der Waals surface area contributed by atoms with Gasteiger partial charge in [0.25, 0.3) is 7.44 Å². The van der Waals surface area contributed by atoms with Crippen molar-refractivity contribution in [3.63, 3.8) is 0 Å². The van der Waals surface area contributed by atoms with Gasteiger partial charge < -0.3 is 14.1 Å². The molecule has 3 rings (SSSR count). The molecular formula is C21H25N2O3P. The van der Waals surface area contributed by atoms with Crippen molar-refractivity contribution in [3.8, 4) is 0 Å². The van der Waals surface area contributed by atoms with E-state index in [0.29, 0.717) is 25.0 Å². The van der Waals surface area contributed by atoms with Crippen LogP contribution in [0.2, 0.25) is 0 Å². The molecule has 27 heavy (non-hydrogen) atoms. The van der Waals surface area contributed by atoms with Crippen LogP contribution in [0.3, 0.4) is 0 Å². The molecule has 1 aliphatic rings. The van der Waals surface area contributed by atoms with Crippen molar-refractivity contribution in [2.75, 3.05) is 29.0 Å². The summed E-state index contributed by atoms with van der Waals surface area (Å²) in [5.74, 6) is -0.353. The van der Waals surface area contributed by atoms with Gasteiger partial charge in [0.05, 0.1) is 13.0 Å². The van der Waals surface area contributed by atoms with Crippen LogP contribution in [-0.2, 0) is 14.1 Å². The fourth-order valence-corrected chi connectivity index (χ4v) is 6.57. The van der Waals surface area contributed by atoms with Gasteiger partial charge in [-0.15, -0.1) is 0 Å². The van der Waals surface area contributed by atoms with Crippen LogP contribution in [0.4, 0.5) is 11.4 Å². The van der Waals surface area contributed by atoms with E-state index in [1.165, 1.54) is 0 Å². The van der Waals surface area contributed by atoms with Crippen molar-refractivity contribution in [1.82, 2.24) is 0 Å². The lowest BCUT2D eigenvalue weighted by Crippen LogP contribution is -2.21. The highest BCUT2D eigenvalue weighted by Gasteiger charge is 2.46. The predicted octanol–water partition coefficient (Wildman–Crippen LogP) is 5.06. The Balaban J connectivity index is 2.06. The molecule has 2 aromatic carbocycles. The summed E-state index contributed by atoms with van der Waals surface area (Å²) in [4.78, 5) is 12.2. The van der Waals surface area contributed by atoms with Gasteiger partial charge in [0, 0.05) is 29.8 Å². The normalized spacial score (nSPS) is 16.4. The zero-order valence-electron chi connectivity index (χ0n) is 15.7. The Morgan fingerprint density at radius 1 is 1.00 bits per heavy atom. The molecule has 1 saturated heterocycles. The van der Waals surface area contributed by atoms with Crippen LogP contribution in [-0.4, -0.2) is 25.7 Å². The number of hydrogen-bond acceptors (Lipinski definition) is 3. The van der Waals surface area contributed by atoms with Gasteiger partial charge in [0.1, 0.15) is 0 Å². The third-order valence-electron chi connectivity index (χ3n) is 4.62. The van der Waals surface area contributed by atoms with Gasteiger partial charge >= 0.3 is 5.97 Å². The van der Waals surface area contributed by atoms with E-state index in [1.54, 1.807) is 13.0 Å². The quantitative estimate of drug-likeness (QED) is 0.514. The number of carbonyl (C=O) groups is 1. The Morgan fingerprint density at radius 3 is 1.89 bits per heavy atom. The van der Waals surface area contributed by atoms with E-state index >= 15 is 0 Å². The van der Waals surface area contributed by atoms with E-state index in [-0.39, 0.29) is 12.4 Å². The molecule has 0 atom stereocenters. The molecule has 0 N–H and O–H groups in total. The fraction of sp³-hybridized carbons (Fsp3) is 0.286. The zero-order chi connectivity index (χ0) is 19.3. The van der Waals surface area contributed by atoms with E-state index in [0.717, 1.165) is 11.4 Å². The number of ether oxygens (including phenoxy) is 1. The SMILES string of the molecule is C/C=C(\CC(=O)OCC)P1(=O)N(c2ccccc2)CCN1c1ccccc1. The summed E-state index contributed by atoms with van der Waals surface area (Å²) in [5, 5.41) is 0.603. The van der Waals surface area contributed by atoms with E-state index < -0.39 is 7.44 Å². The van der Waals surface area contributed by atoms with Gasteiger partial charge in [0.15, 0.2) is 0 Å². The topological polar surface area (TPSA) is 49.9 Å². The summed E-state index contributed by atoms with van der Waals surface area (Å²) in [6.07, 6.45) is 1.82. The van der Waals surface area contributed by atoms with Gasteiger partial charge in [-0.2, -0.15) is 0 Å². The maximum absolute atomic E-state index is 14.5. The highest BCUT2D eigenvalue weighted by Crippen LogP contribution is 2.66. The molecule has 0 saturated carbocycles. The van der Waals surface area contributed by atoms with Gasteiger partial charge in [0.2, 0.25) is 0 Å². The molecule has 5 nitrogen and oxygen atoms in total. The van der Waals surface area contributed by atoms with Crippen LogP contribution in [0, 0.1) is 0 Å². The third kappa shape index (κ3) is 3.79. The smallest absolute Gasteiger partial charge is 0.310 e. The zero-order valence-corrected chi connectivity index (χ0v) is 16.6. The largest absolute Gasteiger partial charge is 0.466 e. The Bertz CT molecular complexity index is 801. The number of allylic oxidation sites excluding steroid dienone is 1. The summed E-state index contributed by atoms with van der Waals surface area (Å²) in [5.41, 5.74) is 1.78. The minimum absolute atomic E-state index is 0.0221. The minimum atomic E-state index is -3.19. The molecule has 0 bridgehead atoms. The summed E-state index contributed by atoms with van der Waals surface area (Å²) < 4.78 is 23.5. The van der Waals surface area contributed by atoms with Crippen LogP contribution in [0.15, 0.2) is 72.1 Å². The maximum Gasteiger partial charge on any atom is 0.310 e. The molecule has 1 aliphatic heterocycles. The average molecular weight is 384 g/mol. The monoisotopic (exact) mass is 384 g/mol. The van der Waals surface area contributed by atoms with Crippen LogP contribution in [0.25, 0.3) is 0 Å². The molecule has 6 heteroatoms. The first-order chi connectivity index (χ1) is 13.1. The van der Waals surface area contributed by atoms with E-state index in [9.17, 15) is 9.36 Å². The van der Waals surface area contributed by atoms with Crippen molar-refractivity contribution < 1.29 is 14.1 Å². The Morgan fingerprint density at radius 2 is 1.48 bits per heavy atom. The minimum Gasteiger partial charge on any atom is -0.466 e. The van der Waals surface area contributed by atoms with Crippen LogP contribution < -0.4 is 9.34 Å². The van der Waals surface area contributed by atoms with Crippen LogP contribution in [0.5, 0.6) is 0 Å². The van der Waals surface area contributed by atoms with E-state index in [2.05, 4.69) is 0 Å². The molecule has 1 heterocycles. The fourth-order valence-electron chi connectivity index (χ4n) is 3.41. The maximum atomic E-state index is 14.5. The number of hydrogen-bond donors (Lipinski definition) is 0. The van der Waals surface area contributed by atoms with Crippen LogP contribution in [0.1, 0.15) is 20.3 Å². The lowest BCUT2D eigenvalue weighted by atomic mass is 10.3. The highest BCUT2D eigenvalue weighted by molar-refractivity contribution is 7.71. The van der Waals surface area contributed by atoms with Gasteiger partial charge in [-0.25, -0.2) is 0 Å². The van der Waals surface area contributed by atoms with Gasteiger partial charge in [-0.05, 0) is 38.1 Å². The molecule has 142 valence electrons. The summed E-state index contributed by atoms with van der Waals surface area (Å²) >= 11 is 0. The number of esters is 1. The molecule has 0 aliphatic carbocycles. The predicted molar refractivity (Wildman–Crippen MR) is 110 cm³/mol. The Hall–Kier alpha value is -2.52. The number of anilines is 2. The van der Waals surface area contributed by atoms with Crippen molar-refractivity contribution in [3.05, 3.63) is 72.1 Å². The molecule has 1 fully saturated rings. The molecule has 0 radical (unpaired) electrons. The van der Waals surface area contributed by atoms with Crippen molar-refractivity contribution in [1.29, 1.82) is 0 Å². The first-order valence-electron chi connectivity index (χ1n) is 9.18. The Kier molecular flexibility index (Phi) is 6.02. The number of para-hydroxylation sites is 2. The average Bonchev–Trinajstić information content (AvgIpc) is 3.05. The second kappa shape index (κ2) is 8.45. The standard InChI is InChI=1S/C21H25N2O3P/c1-3-20(17-21(24)26-4-2)27(25)22(18-11-7-5-8-12-18)15-16-23(27)19-13-9-6-10-14-19/h3,5-14H,4,15-17H2,1-2H3/b20-3+. The van der Waals surface area contributed by atoms with Gasteiger partial charge in [-0.1, -0.05) is 42.5 Å². The third-order valence-corrected chi connectivity index (χ3v) is 7.96. The number of benzene rings is 2. The second-order valence-electron chi connectivity index (χ2n) is 6.22. The summed E-state index contributed by atoms with van der Waals surface area (Å²) in [7, 11) is -3.19. The summed E-state index contributed by atoms with van der Waals surface area (Å²) in [6.45, 7) is 5.16. The molecule has 0 aromatic heterocycles. The molecule has 0 amide bonds. The number of carbonyl (C=O) groups excluding carboxylic acids is 1. The number of rotatable bonds is 6. The molecule has 2 aromatic rings. The number of nitrogens with zero attached hydrogens (tertiary/aromatic N) is 2. The molecule has 0 unspecified atom stereocenters. The lowest BCUT2D eigenvalue weighted by molar-refractivity contribution is -0.142. The summed E-state index contributed by atoms with van der Waals surface area (Å²) in [6, 6.07) is 19.5. The first kappa shape index (κ1) is 19.2. The molecule has 0 spiro atoms. The second-order valence-corrected chi connectivity index (χ2v) is 8.85. The first-order valence-corrected chi connectivity index (χ1v) is 10.8. The van der Waals surface area contributed by atoms with E-state index in [1.807, 2.05) is 76.9 Å². The lowest BCUT2D eigenvalue weighted by Gasteiger charge is -2.34. The van der Waals surface area contributed by atoms with Crippen LogP contribution >= 0.6 is 7.44 Å². The Labute approximate surface area is 160 Å². The highest BCUT2D eigenvalue weighted by atomic mass is 31.2. The van der Waals surface area contributed by atoms with Crippen molar-refractivity contribution in [2.24, 2.45) is 0 Å².